The Balaban J connectivity index is 1.59. The fourth-order valence-corrected chi connectivity index (χ4v) is 4.00. The number of nitrogens with zero attached hydrogens (tertiary/aromatic N) is 2. The zero-order valence-electron chi connectivity index (χ0n) is 15.6. The summed E-state index contributed by atoms with van der Waals surface area (Å²) < 4.78 is 27.7. The minimum absolute atomic E-state index is 0.0106. The summed E-state index contributed by atoms with van der Waals surface area (Å²) in [5, 5.41) is 0. The molecule has 1 amide bonds. The van der Waals surface area contributed by atoms with Crippen LogP contribution in [0.1, 0.15) is 23.2 Å². The molecule has 0 spiro atoms. The van der Waals surface area contributed by atoms with Crippen LogP contribution in [-0.2, 0) is 10.2 Å². The van der Waals surface area contributed by atoms with Crippen molar-refractivity contribution in [3.63, 3.8) is 0 Å². The number of carbonyl (C=O) groups is 1. The number of nitrogens with one attached hydrogen (secondary N) is 1. The van der Waals surface area contributed by atoms with Crippen molar-refractivity contribution in [3.8, 4) is 11.1 Å². The average molecular weight is 388 g/mol. The molecule has 1 saturated heterocycles. The van der Waals surface area contributed by atoms with Crippen molar-refractivity contribution in [2.45, 2.75) is 18.9 Å². The lowest BCUT2D eigenvalue weighted by Crippen LogP contribution is -2.49. The minimum Gasteiger partial charge on any atom is -0.339 e. The van der Waals surface area contributed by atoms with Gasteiger partial charge in [0.15, 0.2) is 0 Å². The Bertz CT molecular complexity index is 872. The van der Waals surface area contributed by atoms with E-state index in [1.54, 1.807) is 4.90 Å². The van der Waals surface area contributed by atoms with Gasteiger partial charge in [0, 0.05) is 38.8 Å². The number of carbonyl (C=O) groups excluding carboxylic acids is 1. The number of benzene rings is 2. The predicted molar refractivity (Wildman–Crippen MR) is 107 cm³/mol. The minimum atomic E-state index is -3.44. The van der Waals surface area contributed by atoms with Gasteiger partial charge in [-0.05, 0) is 36.1 Å². The summed E-state index contributed by atoms with van der Waals surface area (Å²) in [5.74, 6) is -0.0106. The van der Waals surface area contributed by atoms with Gasteiger partial charge in [0.2, 0.25) is 0 Å². The largest absolute Gasteiger partial charge is 0.339 e. The van der Waals surface area contributed by atoms with Crippen molar-refractivity contribution in [1.82, 2.24) is 13.9 Å². The number of rotatable bonds is 5. The molecule has 7 heteroatoms. The van der Waals surface area contributed by atoms with Gasteiger partial charge in [-0.2, -0.15) is 17.4 Å². The van der Waals surface area contributed by atoms with E-state index in [2.05, 4.69) is 4.72 Å². The first-order valence-electron chi connectivity index (χ1n) is 9.01. The second-order valence-electron chi connectivity index (χ2n) is 6.92. The molecule has 0 radical (unpaired) electrons. The lowest BCUT2D eigenvalue weighted by Gasteiger charge is -2.32. The summed E-state index contributed by atoms with van der Waals surface area (Å²) in [5.41, 5.74) is 2.84. The standard InChI is InChI=1S/C20H25N3O3S/c1-22(2)27(25,26)21-19-12-14-23(15-13-19)20(24)18-10-8-17(9-11-18)16-6-4-3-5-7-16/h3-11,19,21H,12-15H2,1-2H3. The van der Waals surface area contributed by atoms with Crippen molar-refractivity contribution in [2.75, 3.05) is 27.2 Å². The van der Waals surface area contributed by atoms with E-state index >= 15 is 0 Å². The van der Waals surface area contributed by atoms with Crippen LogP contribution in [0.4, 0.5) is 0 Å². The van der Waals surface area contributed by atoms with Crippen LogP contribution in [0.15, 0.2) is 54.6 Å². The van der Waals surface area contributed by atoms with E-state index in [0.29, 0.717) is 31.5 Å². The SMILES string of the molecule is CN(C)S(=O)(=O)NC1CCN(C(=O)c2ccc(-c3ccccc3)cc2)CC1. The molecule has 2 aromatic rings. The molecule has 0 saturated carbocycles. The molecule has 3 rings (SSSR count). The molecular formula is C20H25N3O3S. The number of hydrogen-bond donors (Lipinski definition) is 1. The Kier molecular flexibility index (Phi) is 5.94. The quantitative estimate of drug-likeness (QED) is 0.856. The third-order valence-electron chi connectivity index (χ3n) is 4.82. The van der Waals surface area contributed by atoms with Gasteiger partial charge in [0.05, 0.1) is 0 Å². The molecule has 0 unspecified atom stereocenters. The van der Waals surface area contributed by atoms with Gasteiger partial charge in [0.1, 0.15) is 0 Å². The Hall–Kier alpha value is -2.22. The van der Waals surface area contributed by atoms with Crippen LogP contribution in [-0.4, -0.2) is 56.8 Å². The molecule has 0 aliphatic carbocycles. The molecule has 1 aliphatic rings. The Morgan fingerprint density at radius 3 is 2.07 bits per heavy atom. The third kappa shape index (κ3) is 4.74. The van der Waals surface area contributed by atoms with E-state index in [-0.39, 0.29) is 11.9 Å². The second kappa shape index (κ2) is 8.21. The van der Waals surface area contributed by atoms with Gasteiger partial charge in [0.25, 0.3) is 16.1 Å². The summed E-state index contributed by atoms with van der Waals surface area (Å²) in [6, 6.07) is 17.5. The van der Waals surface area contributed by atoms with Crippen LogP contribution in [0.25, 0.3) is 11.1 Å². The van der Waals surface area contributed by atoms with Gasteiger partial charge in [-0.25, -0.2) is 0 Å². The second-order valence-corrected chi connectivity index (χ2v) is 8.83. The predicted octanol–water partition coefficient (Wildman–Crippen LogP) is 2.35. The lowest BCUT2D eigenvalue weighted by atomic mass is 10.0. The first-order chi connectivity index (χ1) is 12.9. The number of piperidine rings is 1. The number of likely N-dealkylation sites (tertiary alicyclic amines) is 1. The van der Waals surface area contributed by atoms with Crippen LogP contribution in [0.2, 0.25) is 0 Å². The smallest absolute Gasteiger partial charge is 0.279 e. The molecule has 1 N–H and O–H groups in total. The lowest BCUT2D eigenvalue weighted by molar-refractivity contribution is 0.0711. The maximum atomic E-state index is 12.7. The summed E-state index contributed by atoms with van der Waals surface area (Å²) >= 11 is 0. The van der Waals surface area contributed by atoms with Crippen LogP contribution >= 0.6 is 0 Å². The highest BCUT2D eigenvalue weighted by molar-refractivity contribution is 7.87. The molecule has 144 valence electrons. The van der Waals surface area contributed by atoms with E-state index in [1.807, 2.05) is 54.6 Å². The van der Waals surface area contributed by atoms with Gasteiger partial charge < -0.3 is 4.90 Å². The molecule has 2 aromatic carbocycles. The summed E-state index contributed by atoms with van der Waals surface area (Å²) in [7, 11) is -0.439. The molecule has 1 fully saturated rings. The maximum absolute atomic E-state index is 12.7. The van der Waals surface area contributed by atoms with Gasteiger partial charge in [-0.1, -0.05) is 42.5 Å². The van der Waals surface area contributed by atoms with Crippen LogP contribution < -0.4 is 4.72 Å². The fraction of sp³-hybridized carbons (Fsp3) is 0.350. The Labute approximate surface area is 161 Å². The first kappa shape index (κ1) is 19.5. The van der Waals surface area contributed by atoms with Crippen molar-refractivity contribution >= 4 is 16.1 Å². The fourth-order valence-electron chi connectivity index (χ4n) is 3.13. The van der Waals surface area contributed by atoms with Crippen LogP contribution in [0.3, 0.4) is 0 Å². The molecule has 1 heterocycles. The Morgan fingerprint density at radius 1 is 0.963 bits per heavy atom. The summed E-state index contributed by atoms with van der Waals surface area (Å²) in [6.45, 7) is 1.08. The van der Waals surface area contributed by atoms with E-state index in [0.717, 1.165) is 11.1 Å². The van der Waals surface area contributed by atoms with E-state index in [9.17, 15) is 13.2 Å². The van der Waals surface area contributed by atoms with Crippen molar-refractivity contribution < 1.29 is 13.2 Å². The van der Waals surface area contributed by atoms with Gasteiger partial charge in [-0.15, -0.1) is 0 Å². The van der Waals surface area contributed by atoms with Crippen molar-refractivity contribution in [3.05, 3.63) is 60.2 Å². The highest BCUT2D eigenvalue weighted by Crippen LogP contribution is 2.21. The molecule has 0 atom stereocenters. The van der Waals surface area contributed by atoms with E-state index < -0.39 is 10.2 Å². The highest BCUT2D eigenvalue weighted by atomic mass is 32.2. The normalized spacial score (nSPS) is 15.9. The maximum Gasteiger partial charge on any atom is 0.279 e. The molecule has 27 heavy (non-hydrogen) atoms. The van der Waals surface area contributed by atoms with Crippen molar-refractivity contribution in [2.24, 2.45) is 0 Å². The van der Waals surface area contributed by atoms with Crippen molar-refractivity contribution in [1.29, 1.82) is 0 Å². The monoisotopic (exact) mass is 387 g/mol. The topological polar surface area (TPSA) is 69.7 Å². The summed E-state index contributed by atoms with van der Waals surface area (Å²) in [6.07, 6.45) is 1.22. The average Bonchev–Trinajstić information content (AvgIpc) is 2.68. The van der Waals surface area contributed by atoms with E-state index in [4.69, 9.17) is 0 Å². The molecule has 0 bridgehead atoms. The molecule has 0 aromatic heterocycles. The molecular weight excluding hydrogens is 362 g/mol. The molecule has 1 aliphatic heterocycles. The zero-order valence-corrected chi connectivity index (χ0v) is 16.4. The van der Waals surface area contributed by atoms with Crippen LogP contribution in [0, 0.1) is 0 Å². The van der Waals surface area contributed by atoms with E-state index in [1.165, 1.54) is 18.4 Å². The van der Waals surface area contributed by atoms with Gasteiger partial charge >= 0.3 is 0 Å². The zero-order chi connectivity index (χ0) is 19.4. The number of hydrogen-bond acceptors (Lipinski definition) is 3. The Morgan fingerprint density at radius 2 is 1.52 bits per heavy atom. The van der Waals surface area contributed by atoms with Gasteiger partial charge in [-0.3, -0.25) is 4.79 Å². The third-order valence-corrected chi connectivity index (χ3v) is 6.41. The first-order valence-corrected chi connectivity index (χ1v) is 10.5. The van der Waals surface area contributed by atoms with Crippen LogP contribution in [0.5, 0.6) is 0 Å². The number of amides is 1. The highest BCUT2D eigenvalue weighted by Gasteiger charge is 2.27. The molecule has 6 nitrogen and oxygen atoms in total. The summed E-state index contributed by atoms with van der Waals surface area (Å²) in [4.78, 5) is 14.5.